The number of hydrogen-bond acceptors (Lipinski definition) is 8. The van der Waals surface area contributed by atoms with E-state index in [0.29, 0.717) is 12.2 Å². The normalized spacial score (nSPS) is 22.2. The molecule has 0 aliphatic carbocycles. The molecular formula is C23H28N3O7PS. The van der Waals surface area contributed by atoms with Gasteiger partial charge in [-0.15, -0.1) is 12.3 Å². The van der Waals surface area contributed by atoms with Gasteiger partial charge in [-0.3, -0.25) is 19.1 Å². The first kappa shape index (κ1) is 26.9. The zero-order valence-electron chi connectivity index (χ0n) is 19.6. The van der Waals surface area contributed by atoms with Crippen molar-refractivity contribution in [3.8, 4) is 18.1 Å². The molecule has 1 aromatic heterocycles. The van der Waals surface area contributed by atoms with Crippen LogP contribution in [0.25, 0.3) is 0 Å². The number of H-pyrrole nitrogens is 1. The SMILES string of the molecule is C#CC1CC(n2ccc(=O)[nH]c2=O)OC1COP(=S)(NC(C)C(=O)OC(C)C)Oc1ccccc1. The van der Waals surface area contributed by atoms with Gasteiger partial charge in [-0.25, -0.2) is 9.88 Å². The van der Waals surface area contributed by atoms with Crippen molar-refractivity contribution in [2.24, 2.45) is 5.92 Å². The summed E-state index contributed by atoms with van der Waals surface area (Å²) in [6, 6.07) is 9.27. The number of terminal acetylenes is 1. The minimum absolute atomic E-state index is 0.0491. The van der Waals surface area contributed by atoms with Crippen LogP contribution >= 0.6 is 6.64 Å². The smallest absolute Gasteiger partial charge is 0.330 e. The van der Waals surface area contributed by atoms with Crippen LogP contribution in [0.3, 0.4) is 0 Å². The summed E-state index contributed by atoms with van der Waals surface area (Å²) < 4.78 is 24.5. The van der Waals surface area contributed by atoms with Gasteiger partial charge in [0.2, 0.25) is 0 Å². The molecule has 2 aromatic rings. The summed E-state index contributed by atoms with van der Waals surface area (Å²) in [7, 11) is 0. The molecule has 0 radical (unpaired) electrons. The second-order valence-electron chi connectivity index (χ2n) is 8.19. The van der Waals surface area contributed by atoms with Crippen molar-refractivity contribution >= 4 is 24.4 Å². The van der Waals surface area contributed by atoms with Gasteiger partial charge in [0, 0.05) is 18.7 Å². The summed E-state index contributed by atoms with van der Waals surface area (Å²) in [5.74, 6) is 2.24. The Bertz CT molecular complexity index is 1220. The summed E-state index contributed by atoms with van der Waals surface area (Å²) in [6.45, 7) is 1.78. The molecule has 0 saturated carbocycles. The molecule has 188 valence electrons. The third kappa shape index (κ3) is 7.37. The maximum Gasteiger partial charge on any atom is 0.330 e. The standard InChI is InChI=1S/C23H28N3O7PS/c1-5-17-13-21(26-12-11-20(27)24-23(26)29)32-19(17)14-30-34(35,33-18-9-7-6-8-10-18)25-16(4)22(28)31-15(2)3/h1,6-12,15-17,19,21H,13-14H2,2-4H3,(H,25,35)(H,24,27,29). The van der Waals surface area contributed by atoms with Gasteiger partial charge in [0.05, 0.1) is 24.7 Å². The third-order valence-corrected chi connectivity index (χ3v) is 7.55. The van der Waals surface area contributed by atoms with Crippen LogP contribution in [-0.4, -0.2) is 40.4 Å². The monoisotopic (exact) mass is 521 g/mol. The minimum Gasteiger partial charge on any atom is -0.462 e. The number of carbonyl (C=O) groups is 1. The number of aromatic nitrogens is 2. The van der Waals surface area contributed by atoms with E-state index >= 15 is 0 Å². The van der Waals surface area contributed by atoms with E-state index in [-0.39, 0.29) is 18.6 Å². The van der Waals surface area contributed by atoms with Crippen LogP contribution in [0.4, 0.5) is 0 Å². The Morgan fingerprint density at radius 3 is 2.66 bits per heavy atom. The fourth-order valence-corrected chi connectivity index (χ4v) is 5.81. The van der Waals surface area contributed by atoms with Crippen molar-refractivity contribution in [3.63, 3.8) is 0 Å². The molecule has 5 atom stereocenters. The van der Waals surface area contributed by atoms with Crippen molar-refractivity contribution < 1.29 is 23.3 Å². The van der Waals surface area contributed by atoms with Gasteiger partial charge in [0.15, 0.2) is 0 Å². The predicted molar refractivity (Wildman–Crippen MR) is 133 cm³/mol. The Labute approximate surface area is 208 Å². The average molecular weight is 522 g/mol. The molecule has 0 spiro atoms. The molecule has 1 saturated heterocycles. The molecule has 2 heterocycles. The molecule has 35 heavy (non-hydrogen) atoms. The molecule has 12 heteroatoms. The van der Waals surface area contributed by atoms with E-state index in [2.05, 4.69) is 16.0 Å². The number of esters is 1. The van der Waals surface area contributed by atoms with Gasteiger partial charge < -0.3 is 18.5 Å². The Morgan fingerprint density at radius 1 is 1.31 bits per heavy atom. The van der Waals surface area contributed by atoms with Gasteiger partial charge in [-0.2, -0.15) is 0 Å². The van der Waals surface area contributed by atoms with Crippen molar-refractivity contribution in [2.75, 3.05) is 6.61 Å². The van der Waals surface area contributed by atoms with E-state index in [9.17, 15) is 14.4 Å². The topological polar surface area (TPSA) is 121 Å². The Morgan fingerprint density at radius 2 is 2.03 bits per heavy atom. The zero-order valence-corrected chi connectivity index (χ0v) is 21.3. The number of aromatic amines is 1. The first-order valence-electron chi connectivity index (χ1n) is 11.0. The summed E-state index contributed by atoms with van der Waals surface area (Å²) in [4.78, 5) is 38.1. The van der Waals surface area contributed by atoms with Crippen molar-refractivity contribution in [2.45, 2.75) is 51.7 Å². The van der Waals surface area contributed by atoms with E-state index in [1.165, 1.54) is 16.8 Å². The summed E-state index contributed by atoms with van der Waals surface area (Å²) in [6.07, 6.45) is 5.81. The number of ether oxygens (including phenoxy) is 2. The van der Waals surface area contributed by atoms with E-state index in [4.69, 9.17) is 36.8 Å². The van der Waals surface area contributed by atoms with E-state index in [0.717, 1.165) is 0 Å². The van der Waals surface area contributed by atoms with Crippen LogP contribution in [0.1, 0.15) is 33.4 Å². The van der Waals surface area contributed by atoms with E-state index in [1.54, 1.807) is 45.0 Å². The lowest BCUT2D eigenvalue weighted by molar-refractivity contribution is -0.149. The molecule has 10 nitrogen and oxygen atoms in total. The minimum atomic E-state index is -3.27. The summed E-state index contributed by atoms with van der Waals surface area (Å²) in [5.41, 5.74) is -1.11. The molecule has 1 aliphatic rings. The quantitative estimate of drug-likeness (QED) is 0.276. The lowest BCUT2D eigenvalue weighted by Crippen LogP contribution is -2.37. The maximum atomic E-state index is 12.4. The largest absolute Gasteiger partial charge is 0.462 e. The lowest BCUT2D eigenvalue weighted by Gasteiger charge is -2.28. The molecule has 5 unspecified atom stereocenters. The number of nitrogens with zero attached hydrogens (tertiary/aromatic N) is 1. The highest BCUT2D eigenvalue weighted by Gasteiger charge is 2.38. The maximum absolute atomic E-state index is 12.4. The number of benzene rings is 1. The Hall–Kier alpha value is -2.74. The van der Waals surface area contributed by atoms with E-state index < -0.39 is 42.2 Å². The van der Waals surface area contributed by atoms with Crippen molar-refractivity contribution in [3.05, 3.63) is 63.4 Å². The van der Waals surface area contributed by atoms with Crippen LogP contribution in [0.5, 0.6) is 5.75 Å². The van der Waals surface area contributed by atoms with Crippen LogP contribution in [-0.2, 0) is 30.6 Å². The number of rotatable bonds is 10. The first-order chi connectivity index (χ1) is 16.6. The Kier molecular flexibility index (Phi) is 9.05. The van der Waals surface area contributed by atoms with Gasteiger partial charge in [0.25, 0.3) is 5.56 Å². The summed E-state index contributed by atoms with van der Waals surface area (Å²) in [5, 5.41) is 2.97. The van der Waals surface area contributed by atoms with Crippen molar-refractivity contribution in [1.82, 2.24) is 14.6 Å². The first-order valence-corrected chi connectivity index (χ1v) is 13.6. The number of para-hydroxylation sites is 1. The van der Waals surface area contributed by atoms with Gasteiger partial charge >= 0.3 is 18.3 Å². The molecule has 0 bridgehead atoms. The number of nitrogens with one attached hydrogen (secondary N) is 2. The number of carbonyl (C=O) groups excluding carboxylic acids is 1. The fraction of sp³-hybridized carbons (Fsp3) is 0.435. The molecule has 1 fully saturated rings. The second kappa shape index (κ2) is 11.8. The Balaban J connectivity index is 1.75. The molecule has 1 aromatic carbocycles. The second-order valence-corrected chi connectivity index (χ2v) is 11.3. The van der Waals surface area contributed by atoms with Gasteiger partial charge in [-0.05, 0) is 44.7 Å². The number of hydrogen-bond donors (Lipinski definition) is 2. The zero-order chi connectivity index (χ0) is 25.6. The molecular weight excluding hydrogens is 493 g/mol. The third-order valence-electron chi connectivity index (χ3n) is 5.05. The molecule has 3 rings (SSSR count). The van der Waals surface area contributed by atoms with E-state index in [1.807, 2.05) is 6.07 Å². The highest BCUT2D eigenvalue weighted by Crippen LogP contribution is 2.46. The predicted octanol–water partition coefficient (Wildman–Crippen LogP) is 2.32. The van der Waals surface area contributed by atoms with Crippen molar-refractivity contribution in [1.29, 1.82) is 0 Å². The van der Waals surface area contributed by atoms with Gasteiger partial charge in [0.1, 0.15) is 18.0 Å². The summed E-state index contributed by atoms with van der Waals surface area (Å²) >= 11 is 5.71. The molecule has 1 aliphatic heterocycles. The lowest BCUT2D eigenvalue weighted by atomic mass is 10.0. The van der Waals surface area contributed by atoms with Crippen LogP contribution in [0.15, 0.2) is 52.2 Å². The van der Waals surface area contributed by atoms with Crippen LogP contribution in [0.2, 0.25) is 0 Å². The highest BCUT2D eigenvalue weighted by molar-refractivity contribution is 8.09. The highest BCUT2D eigenvalue weighted by atomic mass is 32.5. The van der Waals surface area contributed by atoms with Crippen LogP contribution < -0.4 is 20.9 Å². The fourth-order valence-electron chi connectivity index (χ4n) is 3.39. The van der Waals surface area contributed by atoms with Crippen LogP contribution in [0, 0.1) is 18.3 Å². The molecule has 0 amide bonds. The van der Waals surface area contributed by atoms with Gasteiger partial charge in [-0.1, -0.05) is 18.2 Å². The average Bonchev–Trinajstić information content (AvgIpc) is 3.21. The molecule has 2 N–H and O–H groups in total.